The molecule has 1 amide bonds. The van der Waals surface area contributed by atoms with Crippen LogP contribution >= 0.6 is 0 Å². The monoisotopic (exact) mass is 447 g/mol. The van der Waals surface area contributed by atoms with E-state index < -0.39 is 0 Å². The van der Waals surface area contributed by atoms with Gasteiger partial charge in [-0.15, -0.1) is 0 Å². The van der Waals surface area contributed by atoms with Crippen LogP contribution in [0.4, 0.5) is 5.82 Å². The summed E-state index contributed by atoms with van der Waals surface area (Å²) in [4.78, 5) is 24.3. The maximum Gasteiger partial charge on any atom is 0.228 e. The van der Waals surface area contributed by atoms with E-state index in [2.05, 4.69) is 43.0 Å². The normalized spacial score (nSPS) is 21.9. The second-order valence-electron chi connectivity index (χ2n) is 9.50. The molecule has 7 nitrogen and oxygen atoms in total. The average Bonchev–Trinajstić information content (AvgIpc) is 3.18. The van der Waals surface area contributed by atoms with Crippen LogP contribution in [0.3, 0.4) is 0 Å². The van der Waals surface area contributed by atoms with Gasteiger partial charge >= 0.3 is 0 Å². The highest BCUT2D eigenvalue weighted by Crippen LogP contribution is 2.31. The molecular weight excluding hydrogens is 414 g/mol. The molecule has 0 radical (unpaired) electrons. The van der Waals surface area contributed by atoms with Crippen molar-refractivity contribution in [1.29, 1.82) is 0 Å². The fourth-order valence-corrected chi connectivity index (χ4v) is 5.12. The molecule has 2 aliphatic rings. The summed E-state index contributed by atoms with van der Waals surface area (Å²) in [6.45, 7) is 6.91. The SMILES string of the molecule is Cc1ncc(-c2ccc3cnc(NC(=O)C4CCC(CN5CCOCC5)CC4)cc3c2)n1C. The van der Waals surface area contributed by atoms with Crippen molar-refractivity contribution in [3.63, 3.8) is 0 Å². The number of nitrogens with zero attached hydrogens (tertiary/aromatic N) is 4. The van der Waals surface area contributed by atoms with E-state index in [1.807, 2.05) is 32.4 Å². The summed E-state index contributed by atoms with van der Waals surface area (Å²) in [5.74, 6) is 2.48. The Balaban J connectivity index is 1.21. The molecule has 7 heteroatoms. The van der Waals surface area contributed by atoms with Gasteiger partial charge in [-0.25, -0.2) is 9.97 Å². The third-order valence-electron chi connectivity index (χ3n) is 7.33. The van der Waals surface area contributed by atoms with E-state index in [1.165, 1.54) is 0 Å². The van der Waals surface area contributed by atoms with Gasteiger partial charge in [-0.05, 0) is 56.0 Å². The van der Waals surface area contributed by atoms with E-state index in [0.717, 1.165) is 86.4 Å². The van der Waals surface area contributed by atoms with Gasteiger partial charge in [0.1, 0.15) is 11.6 Å². The number of ether oxygens (including phenoxy) is 1. The Labute approximate surface area is 195 Å². The van der Waals surface area contributed by atoms with Crippen LogP contribution in [0.2, 0.25) is 0 Å². The smallest absolute Gasteiger partial charge is 0.228 e. The standard InChI is InChI=1S/C26H33N5O2/c1-18-27-16-24(30(18)2)21-7-8-22-15-28-25(14-23(22)13-21)29-26(32)20-5-3-19(4-6-20)17-31-9-11-33-12-10-31/h7-8,13-16,19-20H,3-6,9-12,17H2,1-2H3,(H,28,29,32). The predicted octanol–water partition coefficient (Wildman–Crippen LogP) is 4.02. The van der Waals surface area contributed by atoms with E-state index in [-0.39, 0.29) is 11.8 Å². The quantitative estimate of drug-likeness (QED) is 0.640. The molecule has 0 atom stereocenters. The van der Waals surface area contributed by atoms with E-state index in [9.17, 15) is 4.79 Å². The Bertz CT molecular complexity index is 1130. The number of hydrogen-bond acceptors (Lipinski definition) is 5. The molecule has 1 aromatic carbocycles. The van der Waals surface area contributed by atoms with Crippen LogP contribution < -0.4 is 5.32 Å². The molecule has 2 aromatic heterocycles. The van der Waals surface area contributed by atoms with Crippen molar-refractivity contribution in [3.8, 4) is 11.3 Å². The number of hydrogen-bond donors (Lipinski definition) is 1. The summed E-state index contributed by atoms with van der Waals surface area (Å²) >= 11 is 0. The van der Waals surface area contributed by atoms with E-state index in [1.54, 1.807) is 0 Å². The van der Waals surface area contributed by atoms with E-state index >= 15 is 0 Å². The number of fused-ring (bicyclic) bond motifs is 1. The largest absolute Gasteiger partial charge is 0.379 e. The summed E-state index contributed by atoms with van der Waals surface area (Å²) in [6.07, 6.45) is 7.89. The van der Waals surface area contributed by atoms with Crippen LogP contribution in [0, 0.1) is 18.8 Å². The van der Waals surface area contributed by atoms with Crippen molar-refractivity contribution in [1.82, 2.24) is 19.4 Å². The molecule has 3 aromatic rings. The van der Waals surface area contributed by atoms with Gasteiger partial charge in [-0.1, -0.05) is 12.1 Å². The Kier molecular flexibility index (Phi) is 6.42. The number of anilines is 1. The van der Waals surface area contributed by atoms with Gasteiger partial charge in [0.25, 0.3) is 0 Å². The van der Waals surface area contributed by atoms with E-state index in [0.29, 0.717) is 11.7 Å². The maximum atomic E-state index is 12.9. The van der Waals surface area contributed by atoms with Gasteiger partial charge in [0.05, 0.1) is 25.1 Å². The van der Waals surface area contributed by atoms with Crippen LogP contribution in [-0.2, 0) is 16.6 Å². The number of rotatable bonds is 5. The van der Waals surface area contributed by atoms with Gasteiger partial charge in [-0.3, -0.25) is 9.69 Å². The first-order valence-electron chi connectivity index (χ1n) is 12.1. The molecule has 3 heterocycles. The zero-order chi connectivity index (χ0) is 22.8. The first-order chi connectivity index (χ1) is 16.1. The predicted molar refractivity (Wildman–Crippen MR) is 130 cm³/mol. The van der Waals surface area contributed by atoms with Crippen LogP contribution in [0.5, 0.6) is 0 Å². The molecule has 2 fully saturated rings. The van der Waals surface area contributed by atoms with E-state index in [4.69, 9.17) is 4.74 Å². The van der Waals surface area contributed by atoms with Gasteiger partial charge in [0.15, 0.2) is 0 Å². The highest BCUT2D eigenvalue weighted by molar-refractivity contribution is 5.95. The van der Waals surface area contributed by atoms with Gasteiger partial charge in [-0.2, -0.15) is 0 Å². The number of pyridine rings is 1. The number of morpholine rings is 1. The van der Waals surface area contributed by atoms with Crippen molar-refractivity contribution in [2.24, 2.45) is 18.9 Å². The highest BCUT2D eigenvalue weighted by Gasteiger charge is 2.28. The number of aryl methyl sites for hydroxylation is 1. The lowest BCUT2D eigenvalue weighted by atomic mass is 9.81. The third kappa shape index (κ3) is 4.94. The molecule has 174 valence electrons. The number of carbonyl (C=O) groups is 1. The zero-order valence-electron chi connectivity index (χ0n) is 19.6. The molecule has 5 rings (SSSR count). The summed E-state index contributed by atoms with van der Waals surface area (Å²) in [7, 11) is 2.02. The Morgan fingerprint density at radius 2 is 1.85 bits per heavy atom. The molecule has 0 unspecified atom stereocenters. The first kappa shape index (κ1) is 22.0. The lowest BCUT2D eigenvalue weighted by Gasteiger charge is -2.34. The molecule has 1 N–H and O–H groups in total. The van der Waals surface area contributed by atoms with Crippen LogP contribution in [0.25, 0.3) is 22.0 Å². The minimum Gasteiger partial charge on any atom is -0.379 e. The Hall–Kier alpha value is -2.77. The first-order valence-corrected chi connectivity index (χ1v) is 12.1. The topological polar surface area (TPSA) is 72.3 Å². The molecule has 1 saturated heterocycles. The number of amides is 1. The zero-order valence-corrected chi connectivity index (χ0v) is 19.6. The third-order valence-corrected chi connectivity index (χ3v) is 7.33. The number of nitrogens with one attached hydrogen (secondary N) is 1. The lowest BCUT2D eigenvalue weighted by molar-refractivity contribution is -0.121. The second-order valence-corrected chi connectivity index (χ2v) is 9.50. The lowest BCUT2D eigenvalue weighted by Crippen LogP contribution is -2.40. The van der Waals surface area contributed by atoms with Crippen molar-refractivity contribution < 1.29 is 9.53 Å². The van der Waals surface area contributed by atoms with Crippen LogP contribution in [0.15, 0.2) is 36.7 Å². The van der Waals surface area contributed by atoms with Gasteiger partial charge in [0.2, 0.25) is 5.91 Å². The summed E-state index contributed by atoms with van der Waals surface area (Å²) < 4.78 is 7.54. The summed E-state index contributed by atoms with van der Waals surface area (Å²) in [5.41, 5.74) is 2.18. The fraction of sp³-hybridized carbons (Fsp3) is 0.500. The average molecular weight is 448 g/mol. The number of aromatic nitrogens is 3. The fourth-order valence-electron chi connectivity index (χ4n) is 5.12. The van der Waals surface area contributed by atoms with Gasteiger partial charge < -0.3 is 14.6 Å². The highest BCUT2D eigenvalue weighted by atomic mass is 16.5. The minimum atomic E-state index is 0.0761. The van der Waals surface area contributed by atoms with Gasteiger partial charge in [0, 0.05) is 49.7 Å². The Morgan fingerprint density at radius 3 is 2.58 bits per heavy atom. The van der Waals surface area contributed by atoms with Crippen LogP contribution in [-0.4, -0.2) is 58.2 Å². The summed E-state index contributed by atoms with van der Waals surface area (Å²) in [6, 6.07) is 8.28. The second kappa shape index (κ2) is 9.61. The molecular formula is C26H33N5O2. The summed E-state index contributed by atoms with van der Waals surface area (Å²) in [5, 5.41) is 5.20. The van der Waals surface area contributed by atoms with Crippen molar-refractivity contribution in [2.75, 3.05) is 38.2 Å². The molecule has 0 spiro atoms. The molecule has 1 saturated carbocycles. The van der Waals surface area contributed by atoms with Crippen molar-refractivity contribution in [3.05, 3.63) is 42.5 Å². The van der Waals surface area contributed by atoms with Crippen molar-refractivity contribution >= 4 is 22.5 Å². The molecule has 33 heavy (non-hydrogen) atoms. The maximum absolute atomic E-state index is 12.9. The molecule has 0 bridgehead atoms. The van der Waals surface area contributed by atoms with Crippen LogP contribution in [0.1, 0.15) is 31.5 Å². The number of benzene rings is 1. The number of imidazole rings is 1. The minimum absolute atomic E-state index is 0.0761. The number of carbonyl (C=O) groups excluding carboxylic acids is 1. The molecule has 1 aliphatic carbocycles. The molecule has 1 aliphatic heterocycles. The Morgan fingerprint density at radius 1 is 1.06 bits per heavy atom. The van der Waals surface area contributed by atoms with Crippen molar-refractivity contribution in [2.45, 2.75) is 32.6 Å².